The predicted octanol–water partition coefficient (Wildman–Crippen LogP) is 2.43. The molecule has 0 saturated carbocycles. The molecule has 5 nitrogen and oxygen atoms in total. The molecule has 0 unspecified atom stereocenters. The fourth-order valence-corrected chi connectivity index (χ4v) is 2.24. The summed E-state index contributed by atoms with van der Waals surface area (Å²) in [7, 11) is 0. The zero-order chi connectivity index (χ0) is 13.8. The van der Waals surface area contributed by atoms with Crippen LogP contribution in [0.25, 0.3) is 0 Å². The summed E-state index contributed by atoms with van der Waals surface area (Å²) in [5.41, 5.74) is -0.818. The topological polar surface area (TPSA) is 67.2 Å². The number of halogens is 2. The SMILES string of the molecule is O=[N+]([O-])c1ccc(F)c(F)c1NCC[C@@H]1CCCN1. The van der Waals surface area contributed by atoms with Crippen molar-refractivity contribution >= 4 is 11.4 Å². The van der Waals surface area contributed by atoms with Crippen LogP contribution in [0.2, 0.25) is 0 Å². The smallest absolute Gasteiger partial charge is 0.295 e. The number of nitrogens with zero attached hydrogens (tertiary/aromatic N) is 1. The standard InChI is InChI=1S/C12H15F2N3O2/c13-9-3-4-10(17(18)19)12(11(9)14)16-7-5-8-2-1-6-15-8/h3-4,8,15-16H,1-2,5-7H2/t8-/m0/s1. The summed E-state index contributed by atoms with van der Waals surface area (Å²) in [4.78, 5) is 10.0. The summed E-state index contributed by atoms with van der Waals surface area (Å²) >= 11 is 0. The van der Waals surface area contributed by atoms with Crippen molar-refractivity contribution < 1.29 is 13.7 Å². The third-order valence-electron chi connectivity index (χ3n) is 3.23. The zero-order valence-electron chi connectivity index (χ0n) is 10.3. The van der Waals surface area contributed by atoms with Crippen molar-refractivity contribution in [1.29, 1.82) is 0 Å². The molecule has 0 radical (unpaired) electrons. The van der Waals surface area contributed by atoms with Crippen LogP contribution in [-0.4, -0.2) is 24.1 Å². The van der Waals surface area contributed by atoms with E-state index in [-0.39, 0.29) is 5.69 Å². The zero-order valence-corrected chi connectivity index (χ0v) is 10.3. The molecule has 0 amide bonds. The molecule has 1 aliphatic rings. The third kappa shape index (κ3) is 3.17. The van der Waals surface area contributed by atoms with E-state index < -0.39 is 22.2 Å². The van der Waals surface area contributed by atoms with Gasteiger partial charge in [-0.3, -0.25) is 10.1 Å². The van der Waals surface area contributed by atoms with Crippen molar-refractivity contribution in [3.63, 3.8) is 0 Å². The van der Waals surface area contributed by atoms with Gasteiger partial charge >= 0.3 is 0 Å². The van der Waals surface area contributed by atoms with Crippen molar-refractivity contribution in [3.05, 3.63) is 33.9 Å². The summed E-state index contributed by atoms with van der Waals surface area (Å²) < 4.78 is 26.7. The molecule has 2 N–H and O–H groups in total. The van der Waals surface area contributed by atoms with Crippen LogP contribution in [0.3, 0.4) is 0 Å². The third-order valence-corrected chi connectivity index (χ3v) is 3.23. The number of hydrogen-bond acceptors (Lipinski definition) is 4. The van der Waals surface area contributed by atoms with E-state index in [9.17, 15) is 18.9 Å². The van der Waals surface area contributed by atoms with Crippen LogP contribution in [0.4, 0.5) is 20.2 Å². The van der Waals surface area contributed by atoms with E-state index in [0.717, 1.165) is 31.5 Å². The van der Waals surface area contributed by atoms with Gasteiger partial charge in [0.25, 0.3) is 5.69 Å². The first-order chi connectivity index (χ1) is 9.09. The van der Waals surface area contributed by atoms with Gasteiger partial charge in [0.15, 0.2) is 17.3 Å². The predicted molar refractivity (Wildman–Crippen MR) is 67.1 cm³/mol. The Morgan fingerprint density at radius 1 is 1.47 bits per heavy atom. The average Bonchev–Trinajstić information content (AvgIpc) is 2.87. The van der Waals surface area contributed by atoms with E-state index in [0.29, 0.717) is 19.0 Å². The van der Waals surface area contributed by atoms with Crippen molar-refractivity contribution in [2.24, 2.45) is 0 Å². The van der Waals surface area contributed by atoms with Gasteiger partial charge in [-0.2, -0.15) is 0 Å². The molecule has 0 spiro atoms. The molecule has 1 saturated heterocycles. The molecule has 1 heterocycles. The Kier molecular flexibility index (Phi) is 4.26. The maximum atomic E-state index is 13.6. The second-order valence-electron chi connectivity index (χ2n) is 4.52. The van der Waals surface area contributed by atoms with Crippen LogP contribution < -0.4 is 10.6 Å². The molecule has 1 fully saturated rings. The first-order valence-corrected chi connectivity index (χ1v) is 6.19. The average molecular weight is 271 g/mol. The molecule has 2 rings (SSSR count). The monoisotopic (exact) mass is 271 g/mol. The summed E-state index contributed by atoms with van der Waals surface area (Å²) in [6.45, 7) is 1.32. The molecule has 0 aliphatic carbocycles. The Morgan fingerprint density at radius 3 is 2.89 bits per heavy atom. The van der Waals surface area contributed by atoms with Crippen LogP contribution in [0, 0.1) is 21.7 Å². The summed E-state index contributed by atoms with van der Waals surface area (Å²) in [6.07, 6.45) is 2.85. The Bertz CT molecular complexity index is 476. The summed E-state index contributed by atoms with van der Waals surface area (Å²) in [6, 6.07) is 2.06. The van der Waals surface area contributed by atoms with Gasteiger partial charge in [0, 0.05) is 18.7 Å². The van der Waals surface area contributed by atoms with Gasteiger partial charge in [0.2, 0.25) is 0 Å². The molecular formula is C12H15F2N3O2. The normalized spacial score (nSPS) is 18.5. The second kappa shape index (κ2) is 5.92. The van der Waals surface area contributed by atoms with Crippen LogP contribution in [0.1, 0.15) is 19.3 Å². The lowest BCUT2D eigenvalue weighted by atomic mass is 10.1. The number of hydrogen-bond donors (Lipinski definition) is 2. The number of nitrogens with one attached hydrogen (secondary N) is 2. The lowest BCUT2D eigenvalue weighted by molar-refractivity contribution is -0.384. The van der Waals surface area contributed by atoms with Crippen molar-refractivity contribution in [3.8, 4) is 0 Å². The maximum Gasteiger partial charge on any atom is 0.295 e. The van der Waals surface area contributed by atoms with E-state index in [1.807, 2.05) is 0 Å². The molecule has 0 aromatic heterocycles. The highest BCUT2D eigenvalue weighted by atomic mass is 19.2. The van der Waals surface area contributed by atoms with Crippen molar-refractivity contribution in [2.75, 3.05) is 18.4 Å². The highest BCUT2D eigenvalue weighted by Gasteiger charge is 2.21. The molecule has 1 atom stereocenters. The molecule has 0 bridgehead atoms. The highest BCUT2D eigenvalue weighted by molar-refractivity contribution is 5.62. The minimum atomic E-state index is -1.20. The summed E-state index contributed by atoms with van der Waals surface area (Å²) in [5, 5.41) is 16.7. The van der Waals surface area contributed by atoms with Gasteiger partial charge in [-0.1, -0.05) is 0 Å². The van der Waals surface area contributed by atoms with Gasteiger partial charge in [0.05, 0.1) is 4.92 Å². The Hall–Kier alpha value is -1.76. The van der Waals surface area contributed by atoms with E-state index in [1.54, 1.807) is 0 Å². The molecule has 1 aromatic rings. The maximum absolute atomic E-state index is 13.6. The Morgan fingerprint density at radius 2 is 2.26 bits per heavy atom. The summed E-state index contributed by atoms with van der Waals surface area (Å²) in [5.74, 6) is -2.29. The lowest BCUT2D eigenvalue weighted by Crippen LogP contribution is -2.24. The van der Waals surface area contributed by atoms with E-state index in [1.165, 1.54) is 0 Å². The molecular weight excluding hydrogens is 256 g/mol. The van der Waals surface area contributed by atoms with Gasteiger partial charge in [0.1, 0.15) is 0 Å². The fraction of sp³-hybridized carbons (Fsp3) is 0.500. The van der Waals surface area contributed by atoms with Crippen molar-refractivity contribution in [1.82, 2.24) is 5.32 Å². The quantitative estimate of drug-likeness (QED) is 0.637. The molecule has 1 aromatic carbocycles. The van der Waals surface area contributed by atoms with Crippen LogP contribution in [0.15, 0.2) is 12.1 Å². The Balaban J connectivity index is 2.05. The van der Waals surface area contributed by atoms with Crippen LogP contribution >= 0.6 is 0 Å². The molecule has 7 heteroatoms. The van der Waals surface area contributed by atoms with Gasteiger partial charge < -0.3 is 10.6 Å². The number of benzene rings is 1. The van der Waals surface area contributed by atoms with Gasteiger partial charge in [-0.25, -0.2) is 8.78 Å². The number of nitro benzene ring substituents is 1. The van der Waals surface area contributed by atoms with E-state index >= 15 is 0 Å². The lowest BCUT2D eigenvalue weighted by Gasteiger charge is -2.12. The van der Waals surface area contributed by atoms with Crippen molar-refractivity contribution in [2.45, 2.75) is 25.3 Å². The van der Waals surface area contributed by atoms with Crippen LogP contribution in [0.5, 0.6) is 0 Å². The van der Waals surface area contributed by atoms with E-state index in [2.05, 4.69) is 10.6 Å². The highest BCUT2D eigenvalue weighted by Crippen LogP contribution is 2.29. The van der Waals surface area contributed by atoms with Gasteiger partial charge in [-0.05, 0) is 31.9 Å². The minimum Gasteiger partial charge on any atom is -0.377 e. The second-order valence-corrected chi connectivity index (χ2v) is 4.52. The van der Waals surface area contributed by atoms with Gasteiger partial charge in [-0.15, -0.1) is 0 Å². The molecule has 1 aliphatic heterocycles. The fourth-order valence-electron chi connectivity index (χ4n) is 2.24. The van der Waals surface area contributed by atoms with Crippen LogP contribution in [-0.2, 0) is 0 Å². The number of anilines is 1. The number of nitro groups is 1. The first-order valence-electron chi connectivity index (χ1n) is 6.19. The Labute approximate surface area is 109 Å². The largest absolute Gasteiger partial charge is 0.377 e. The molecule has 19 heavy (non-hydrogen) atoms. The number of rotatable bonds is 5. The first kappa shape index (κ1) is 13.7. The minimum absolute atomic E-state index is 0.336. The van der Waals surface area contributed by atoms with E-state index in [4.69, 9.17) is 0 Å². The molecule has 104 valence electrons.